The molecule has 11 heteroatoms. The second-order valence-corrected chi connectivity index (χ2v) is 12.0. The van der Waals surface area contributed by atoms with Gasteiger partial charge in [-0.3, -0.25) is 9.78 Å². The van der Waals surface area contributed by atoms with Gasteiger partial charge in [0.2, 0.25) is 0 Å². The molecule has 3 aliphatic rings. The highest BCUT2D eigenvalue weighted by atomic mass is 16.5. The smallest absolute Gasteiger partial charge is 0.271 e. The van der Waals surface area contributed by atoms with Crippen LogP contribution in [0.5, 0.6) is 5.75 Å². The topological polar surface area (TPSA) is 131 Å². The predicted octanol–water partition coefficient (Wildman–Crippen LogP) is 4.08. The van der Waals surface area contributed by atoms with Crippen molar-refractivity contribution in [2.75, 3.05) is 69.1 Å². The number of pyridine rings is 1. The van der Waals surface area contributed by atoms with Crippen LogP contribution in [0, 0.1) is 5.41 Å². The second-order valence-electron chi connectivity index (χ2n) is 12.0. The first-order chi connectivity index (χ1) is 20.9. The Bertz CT molecular complexity index is 1460. The quantitative estimate of drug-likeness (QED) is 0.337. The molecule has 0 unspecified atom stereocenters. The average molecular weight is 587 g/mol. The van der Waals surface area contributed by atoms with Gasteiger partial charge in [-0.1, -0.05) is 6.92 Å². The molecule has 3 aliphatic heterocycles. The number of aromatic nitrogens is 3. The van der Waals surface area contributed by atoms with Crippen LogP contribution < -0.4 is 26.0 Å². The van der Waals surface area contributed by atoms with Gasteiger partial charge in [-0.15, -0.1) is 0 Å². The molecule has 0 aliphatic carbocycles. The predicted molar refractivity (Wildman–Crippen MR) is 168 cm³/mol. The zero-order chi connectivity index (χ0) is 30.0. The number of carbonyl (C=O) groups is 1. The molecule has 43 heavy (non-hydrogen) atoms. The summed E-state index contributed by atoms with van der Waals surface area (Å²) in [7, 11) is 3.78. The maximum atomic E-state index is 12.7. The average Bonchev–Trinajstić information content (AvgIpc) is 3.01. The van der Waals surface area contributed by atoms with Gasteiger partial charge in [0.25, 0.3) is 5.91 Å². The lowest BCUT2D eigenvalue weighted by Crippen LogP contribution is -2.58. The van der Waals surface area contributed by atoms with Crippen molar-refractivity contribution >= 4 is 28.9 Å². The minimum Gasteiger partial charge on any atom is -0.494 e. The number of rotatable bonds is 9. The van der Waals surface area contributed by atoms with E-state index in [9.17, 15) is 4.79 Å². The highest BCUT2D eigenvalue weighted by Gasteiger charge is 2.43. The minimum absolute atomic E-state index is 0.0363. The summed E-state index contributed by atoms with van der Waals surface area (Å²) in [6, 6.07) is 10.1. The standard InChI is InChI=1S/C32H42N8O3/c1-4-21-18-23(7-8-24(21)40-14-11-32(12-15-40)19-39(2)20-32)36-31-28(29(33)41)37-27(26-25(42-3)6-5-13-34-26)30(38-31)35-22-9-16-43-17-10-22/h5-8,13,18,22H,4,9-12,14-17,19-20H2,1-3H3,(H2,33,41)(H2,35,36,38). The summed E-state index contributed by atoms with van der Waals surface area (Å²) in [6.45, 7) is 8.08. The summed E-state index contributed by atoms with van der Waals surface area (Å²) >= 11 is 0. The van der Waals surface area contributed by atoms with Gasteiger partial charge >= 0.3 is 0 Å². The van der Waals surface area contributed by atoms with E-state index in [2.05, 4.69) is 51.5 Å². The fourth-order valence-electron chi connectivity index (χ4n) is 6.76. The molecule has 1 amide bonds. The Hall–Kier alpha value is -3.96. The number of methoxy groups -OCH3 is 1. The van der Waals surface area contributed by atoms with E-state index < -0.39 is 5.91 Å². The maximum Gasteiger partial charge on any atom is 0.271 e. The van der Waals surface area contributed by atoms with E-state index in [-0.39, 0.29) is 11.7 Å². The second kappa shape index (κ2) is 12.3. The van der Waals surface area contributed by atoms with Crippen LogP contribution in [0.1, 0.15) is 48.7 Å². The van der Waals surface area contributed by atoms with Crippen molar-refractivity contribution in [1.29, 1.82) is 0 Å². The van der Waals surface area contributed by atoms with E-state index in [4.69, 9.17) is 25.2 Å². The summed E-state index contributed by atoms with van der Waals surface area (Å²) in [5, 5.41) is 6.90. The minimum atomic E-state index is -0.681. The van der Waals surface area contributed by atoms with Crippen molar-refractivity contribution in [3.05, 3.63) is 47.8 Å². The number of nitrogens with one attached hydrogen (secondary N) is 2. The lowest BCUT2D eigenvalue weighted by molar-refractivity contribution is 0.00130. The molecule has 3 fully saturated rings. The van der Waals surface area contributed by atoms with E-state index in [1.807, 2.05) is 6.07 Å². The number of anilines is 4. The van der Waals surface area contributed by atoms with Gasteiger partial charge in [0, 0.05) is 63.0 Å². The molecule has 0 radical (unpaired) electrons. The Balaban J connectivity index is 1.31. The van der Waals surface area contributed by atoms with Gasteiger partial charge in [0.15, 0.2) is 17.3 Å². The number of nitrogens with zero attached hydrogens (tertiary/aromatic N) is 5. The lowest BCUT2D eigenvalue weighted by Gasteiger charge is -2.53. The maximum absolute atomic E-state index is 12.7. The van der Waals surface area contributed by atoms with E-state index in [0.717, 1.165) is 38.0 Å². The van der Waals surface area contributed by atoms with Crippen LogP contribution in [-0.2, 0) is 11.2 Å². The number of benzene rings is 1. The van der Waals surface area contributed by atoms with Crippen LogP contribution in [0.3, 0.4) is 0 Å². The van der Waals surface area contributed by atoms with Crippen molar-refractivity contribution in [3.8, 4) is 17.1 Å². The first kappa shape index (κ1) is 29.1. The largest absolute Gasteiger partial charge is 0.494 e. The van der Waals surface area contributed by atoms with Crippen LogP contribution in [0.4, 0.5) is 23.0 Å². The lowest BCUT2D eigenvalue weighted by atomic mass is 9.72. The molecule has 2 aromatic heterocycles. The number of aryl methyl sites for hydroxylation is 1. The Morgan fingerprint density at radius 1 is 1.12 bits per heavy atom. The number of primary amides is 1. The Morgan fingerprint density at radius 3 is 2.56 bits per heavy atom. The molecule has 11 nitrogen and oxygen atoms in total. The van der Waals surface area contributed by atoms with Crippen LogP contribution in [0.15, 0.2) is 36.5 Å². The van der Waals surface area contributed by atoms with Crippen LogP contribution in [0.2, 0.25) is 0 Å². The summed E-state index contributed by atoms with van der Waals surface area (Å²) in [6.07, 6.45) is 6.67. The van der Waals surface area contributed by atoms with Gasteiger partial charge < -0.3 is 35.6 Å². The number of hydrogen-bond donors (Lipinski definition) is 3. The van der Waals surface area contributed by atoms with Gasteiger partial charge in [-0.2, -0.15) is 0 Å². The summed E-state index contributed by atoms with van der Waals surface area (Å²) in [5.41, 5.74) is 10.6. The van der Waals surface area contributed by atoms with Crippen LogP contribution in [0.25, 0.3) is 11.4 Å². The van der Waals surface area contributed by atoms with Crippen molar-refractivity contribution < 1.29 is 14.3 Å². The molecule has 0 atom stereocenters. The van der Waals surface area contributed by atoms with Gasteiger partial charge in [0.05, 0.1) is 7.11 Å². The number of ether oxygens (including phenoxy) is 2. The zero-order valence-electron chi connectivity index (χ0n) is 25.4. The third-order valence-corrected chi connectivity index (χ3v) is 9.00. The number of amides is 1. The normalized spacial score (nSPS) is 18.7. The Morgan fingerprint density at radius 2 is 1.88 bits per heavy atom. The highest BCUT2D eigenvalue weighted by Crippen LogP contribution is 2.41. The number of hydrogen-bond acceptors (Lipinski definition) is 10. The first-order valence-corrected chi connectivity index (χ1v) is 15.3. The highest BCUT2D eigenvalue weighted by molar-refractivity contribution is 5.97. The number of nitrogens with two attached hydrogens (primary N) is 1. The fourth-order valence-corrected chi connectivity index (χ4v) is 6.76. The number of carbonyl (C=O) groups excluding carboxylic acids is 1. The van der Waals surface area contributed by atoms with E-state index in [1.54, 1.807) is 25.4 Å². The van der Waals surface area contributed by atoms with Gasteiger partial charge in [-0.05, 0) is 80.5 Å². The molecule has 0 saturated carbocycles. The molecule has 4 N–H and O–H groups in total. The van der Waals surface area contributed by atoms with E-state index in [1.165, 1.54) is 37.2 Å². The summed E-state index contributed by atoms with van der Waals surface area (Å²) in [5.74, 6) is 0.649. The zero-order valence-corrected chi connectivity index (χ0v) is 25.4. The third-order valence-electron chi connectivity index (χ3n) is 9.00. The number of likely N-dealkylation sites (tertiary alicyclic amines) is 1. The molecule has 3 saturated heterocycles. The van der Waals surface area contributed by atoms with Crippen molar-refractivity contribution in [2.45, 2.75) is 45.1 Å². The van der Waals surface area contributed by atoms with Crippen molar-refractivity contribution in [3.63, 3.8) is 0 Å². The molecule has 228 valence electrons. The van der Waals surface area contributed by atoms with Gasteiger partial charge in [-0.25, -0.2) is 9.97 Å². The molecule has 0 bridgehead atoms. The van der Waals surface area contributed by atoms with Crippen LogP contribution in [-0.4, -0.2) is 85.4 Å². The SMILES string of the molecule is CCc1cc(Nc2nc(NC3CCOCC3)c(-c3ncccc3OC)nc2C(N)=O)ccc1N1CCC2(CC1)CN(C)C2. The third kappa shape index (κ3) is 6.09. The van der Waals surface area contributed by atoms with Gasteiger partial charge in [0.1, 0.15) is 17.1 Å². The van der Waals surface area contributed by atoms with Crippen molar-refractivity contribution in [1.82, 2.24) is 19.9 Å². The van der Waals surface area contributed by atoms with Crippen LogP contribution >= 0.6 is 0 Å². The van der Waals surface area contributed by atoms with E-state index in [0.29, 0.717) is 47.4 Å². The van der Waals surface area contributed by atoms with E-state index >= 15 is 0 Å². The first-order valence-electron chi connectivity index (χ1n) is 15.3. The Labute approximate surface area is 253 Å². The molecule has 6 rings (SSSR count). The summed E-state index contributed by atoms with van der Waals surface area (Å²) in [4.78, 5) is 31.8. The molecule has 1 aromatic carbocycles. The fraction of sp³-hybridized carbons (Fsp3) is 0.500. The number of piperidine rings is 1. The summed E-state index contributed by atoms with van der Waals surface area (Å²) < 4.78 is 11.1. The molecule has 3 aromatic rings. The molecular formula is C32H42N8O3. The molecular weight excluding hydrogens is 544 g/mol. The Kier molecular flexibility index (Phi) is 8.36. The monoisotopic (exact) mass is 586 g/mol. The molecule has 1 spiro atoms. The van der Waals surface area contributed by atoms with Crippen molar-refractivity contribution in [2.24, 2.45) is 11.1 Å². The molecule has 5 heterocycles.